The Bertz CT molecular complexity index is 980. The van der Waals surface area contributed by atoms with E-state index in [9.17, 15) is 8.42 Å². The maximum atomic E-state index is 13.1. The SMILES string of the molecule is C[C@H]1Cc2ccccc2N1S(=O)(=O)c1cnn(-c2ccccc2)c1. The molecular formula is C18H17N3O2S. The van der Waals surface area contributed by atoms with E-state index in [4.69, 9.17) is 0 Å². The number of para-hydroxylation sites is 2. The summed E-state index contributed by atoms with van der Waals surface area (Å²) < 4.78 is 29.3. The van der Waals surface area contributed by atoms with Gasteiger partial charge in [0.2, 0.25) is 0 Å². The van der Waals surface area contributed by atoms with Gasteiger partial charge in [-0.3, -0.25) is 4.31 Å². The van der Waals surface area contributed by atoms with Crippen LogP contribution in [0.25, 0.3) is 5.69 Å². The highest BCUT2D eigenvalue weighted by Gasteiger charge is 2.36. The Morgan fingerprint density at radius 1 is 1.04 bits per heavy atom. The Kier molecular flexibility index (Phi) is 3.42. The molecule has 24 heavy (non-hydrogen) atoms. The molecule has 4 rings (SSSR count). The van der Waals surface area contributed by atoms with Gasteiger partial charge in [0.25, 0.3) is 10.0 Å². The molecule has 122 valence electrons. The van der Waals surface area contributed by atoms with Crippen molar-refractivity contribution in [2.24, 2.45) is 0 Å². The van der Waals surface area contributed by atoms with Crippen molar-refractivity contribution in [3.05, 3.63) is 72.6 Å². The average molecular weight is 339 g/mol. The van der Waals surface area contributed by atoms with Crippen molar-refractivity contribution in [3.8, 4) is 5.69 Å². The summed E-state index contributed by atoms with van der Waals surface area (Å²) in [4.78, 5) is 0.204. The molecule has 1 atom stereocenters. The molecule has 0 N–H and O–H groups in total. The van der Waals surface area contributed by atoms with Gasteiger partial charge in [-0.15, -0.1) is 0 Å². The molecule has 1 aromatic heterocycles. The van der Waals surface area contributed by atoms with E-state index in [1.165, 1.54) is 10.5 Å². The predicted octanol–water partition coefficient (Wildman–Crippen LogP) is 3.01. The van der Waals surface area contributed by atoms with Gasteiger partial charge < -0.3 is 0 Å². The number of anilines is 1. The van der Waals surface area contributed by atoms with Crippen LogP contribution in [-0.2, 0) is 16.4 Å². The summed E-state index contributed by atoms with van der Waals surface area (Å²) in [7, 11) is -3.64. The van der Waals surface area contributed by atoms with Crippen LogP contribution in [0.4, 0.5) is 5.69 Å². The van der Waals surface area contributed by atoms with Crippen LogP contribution < -0.4 is 4.31 Å². The Labute approximate surface area is 141 Å². The number of rotatable bonds is 3. The van der Waals surface area contributed by atoms with Crippen LogP contribution in [0.3, 0.4) is 0 Å². The first kappa shape index (κ1) is 15.0. The Morgan fingerprint density at radius 3 is 2.54 bits per heavy atom. The Morgan fingerprint density at radius 2 is 1.75 bits per heavy atom. The van der Waals surface area contributed by atoms with Crippen LogP contribution in [0.5, 0.6) is 0 Å². The smallest absolute Gasteiger partial charge is 0.263 e. The van der Waals surface area contributed by atoms with E-state index in [-0.39, 0.29) is 10.9 Å². The molecule has 0 fully saturated rings. The molecule has 0 bridgehead atoms. The second-order valence-electron chi connectivity index (χ2n) is 5.94. The molecule has 3 aromatic rings. The van der Waals surface area contributed by atoms with E-state index in [1.807, 2.05) is 61.5 Å². The summed E-state index contributed by atoms with van der Waals surface area (Å²) in [5, 5.41) is 4.22. The van der Waals surface area contributed by atoms with Gasteiger partial charge in [0.15, 0.2) is 0 Å². The molecule has 1 aliphatic rings. The van der Waals surface area contributed by atoms with Gasteiger partial charge in [0.05, 0.1) is 23.8 Å². The molecule has 0 unspecified atom stereocenters. The molecule has 0 amide bonds. The van der Waals surface area contributed by atoms with Crippen molar-refractivity contribution < 1.29 is 8.42 Å². The Hall–Kier alpha value is -2.60. The van der Waals surface area contributed by atoms with E-state index in [0.29, 0.717) is 0 Å². The van der Waals surface area contributed by atoms with Gasteiger partial charge in [-0.2, -0.15) is 5.10 Å². The molecular weight excluding hydrogens is 322 g/mol. The highest BCUT2D eigenvalue weighted by molar-refractivity contribution is 7.92. The van der Waals surface area contributed by atoms with Crippen molar-refractivity contribution in [1.29, 1.82) is 0 Å². The van der Waals surface area contributed by atoms with Crippen molar-refractivity contribution in [1.82, 2.24) is 9.78 Å². The molecule has 5 nitrogen and oxygen atoms in total. The lowest BCUT2D eigenvalue weighted by atomic mass is 10.1. The minimum absolute atomic E-state index is 0.104. The van der Waals surface area contributed by atoms with Crippen LogP contribution in [0.15, 0.2) is 71.9 Å². The summed E-state index contributed by atoms with van der Waals surface area (Å²) in [5.41, 5.74) is 2.65. The summed E-state index contributed by atoms with van der Waals surface area (Å²) in [6.45, 7) is 1.93. The van der Waals surface area contributed by atoms with Crippen LogP contribution in [-0.4, -0.2) is 24.2 Å². The zero-order valence-corrected chi connectivity index (χ0v) is 14.0. The quantitative estimate of drug-likeness (QED) is 0.737. The maximum Gasteiger partial charge on any atom is 0.267 e. The second-order valence-corrected chi connectivity index (χ2v) is 7.75. The number of aromatic nitrogens is 2. The van der Waals surface area contributed by atoms with Crippen molar-refractivity contribution in [2.45, 2.75) is 24.3 Å². The summed E-state index contributed by atoms with van der Waals surface area (Å²) in [6.07, 6.45) is 3.70. The molecule has 2 aromatic carbocycles. The lowest BCUT2D eigenvalue weighted by molar-refractivity contribution is 0.584. The van der Waals surface area contributed by atoms with Crippen molar-refractivity contribution in [2.75, 3.05) is 4.31 Å². The van der Waals surface area contributed by atoms with Gasteiger partial charge in [-0.1, -0.05) is 36.4 Å². The standard InChI is InChI=1S/C18H17N3O2S/c1-14-11-15-7-5-6-10-18(15)21(14)24(22,23)17-12-19-20(13-17)16-8-3-2-4-9-16/h2-10,12-14H,11H2,1H3/t14-/m0/s1. The maximum absolute atomic E-state index is 13.1. The summed E-state index contributed by atoms with van der Waals surface area (Å²) in [5.74, 6) is 0. The van der Waals surface area contributed by atoms with Crippen LogP contribution in [0.1, 0.15) is 12.5 Å². The minimum Gasteiger partial charge on any atom is -0.263 e. The molecule has 0 saturated carbocycles. The van der Waals surface area contributed by atoms with E-state index < -0.39 is 10.0 Å². The second kappa shape index (κ2) is 5.49. The van der Waals surface area contributed by atoms with Gasteiger partial charge in [0, 0.05) is 6.04 Å². The fourth-order valence-corrected chi connectivity index (χ4v) is 4.80. The van der Waals surface area contributed by atoms with E-state index in [0.717, 1.165) is 23.4 Å². The molecule has 6 heteroatoms. The molecule has 2 heterocycles. The molecule has 0 radical (unpaired) electrons. The predicted molar refractivity (Wildman–Crippen MR) is 92.8 cm³/mol. The summed E-state index contributed by atoms with van der Waals surface area (Å²) in [6, 6.07) is 17.0. The number of hydrogen-bond donors (Lipinski definition) is 0. The van der Waals surface area contributed by atoms with E-state index in [1.54, 1.807) is 10.9 Å². The van der Waals surface area contributed by atoms with Crippen LogP contribution in [0.2, 0.25) is 0 Å². The zero-order valence-electron chi connectivity index (χ0n) is 13.2. The first-order valence-corrected chi connectivity index (χ1v) is 9.24. The number of fused-ring (bicyclic) bond motifs is 1. The van der Waals surface area contributed by atoms with Gasteiger partial charge in [0.1, 0.15) is 4.90 Å². The molecule has 1 aliphatic heterocycles. The van der Waals surface area contributed by atoms with Crippen molar-refractivity contribution in [3.63, 3.8) is 0 Å². The highest BCUT2D eigenvalue weighted by Crippen LogP contribution is 2.36. The highest BCUT2D eigenvalue weighted by atomic mass is 32.2. The minimum atomic E-state index is -3.64. The third-order valence-corrected chi connectivity index (χ3v) is 6.16. The summed E-state index contributed by atoms with van der Waals surface area (Å²) >= 11 is 0. The van der Waals surface area contributed by atoms with Crippen molar-refractivity contribution >= 4 is 15.7 Å². The van der Waals surface area contributed by atoms with Gasteiger partial charge >= 0.3 is 0 Å². The Balaban J connectivity index is 1.75. The fourth-order valence-electron chi connectivity index (χ4n) is 3.18. The van der Waals surface area contributed by atoms with Crippen LogP contribution >= 0.6 is 0 Å². The number of nitrogens with zero attached hydrogens (tertiary/aromatic N) is 3. The topological polar surface area (TPSA) is 55.2 Å². The van der Waals surface area contributed by atoms with E-state index >= 15 is 0 Å². The third kappa shape index (κ3) is 2.30. The zero-order chi connectivity index (χ0) is 16.7. The fraction of sp³-hybridized carbons (Fsp3) is 0.167. The normalized spacial score (nSPS) is 17.0. The molecule has 0 aliphatic carbocycles. The van der Waals surface area contributed by atoms with Gasteiger partial charge in [-0.25, -0.2) is 13.1 Å². The third-order valence-electron chi connectivity index (χ3n) is 4.28. The molecule has 0 spiro atoms. The van der Waals surface area contributed by atoms with Crippen LogP contribution in [0, 0.1) is 0 Å². The van der Waals surface area contributed by atoms with E-state index in [2.05, 4.69) is 5.10 Å². The first-order chi connectivity index (χ1) is 11.6. The first-order valence-electron chi connectivity index (χ1n) is 7.80. The lowest BCUT2D eigenvalue weighted by Gasteiger charge is -2.23. The number of sulfonamides is 1. The lowest BCUT2D eigenvalue weighted by Crippen LogP contribution is -2.35. The number of benzene rings is 2. The average Bonchev–Trinajstić information content (AvgIpc) is 3.20. The molecule has 0 saturated heterocycles. The monoisotopic (exact) mass is 339 g/mol. The van der Waals surface area contributed by atoms with Gasteiger partial charge in [-0.05, 0) is 37.1 Å². The largest absolute Gasteiger partial charge is 0.267 e. The number of hydrogen-bond acceptors (Lipinski definition) is 3.